The molecular formula is C17H29N3O3S. The minimum Gasteiger partial charge on any atom is -0.384 e. The van der Waals surface area contributed by atoms with Gasteiger partial charge in [-0.1, -0.05) is 12.1 Å². The minimum absolute atomic E-state index is 0.00418. The van der Waals surface area contributed by atoms with E-state index in [2.05, 4.69) is 38.8 Å². The third-order valence-electron chi connectivity index (χ3n) is 4.43. The van der Waals surface area contributed by atoms with Crippen LogP contribution in [-0.2, 0) is 14.8 Å². The lowest BCUT2D eigenvalue weighted by Crippen LogP contribution is -2.38. The summed E-state index contributed by atoms with van der Waals surface area (Å²) in [6, 6.07) is 8.43. The Morgan fingerprint density at radius 1 is 1.21 bits per heavy atom. The Balaban J connectivity index is 2.10. The van der Waals surface area contributed by atoms with Crippen molar-refractivity contribution in [1.29, 1.82) is 0 Å². The summed E-state index contributed by atoms with van der Waals surface area (Å²) in [5.74, 6) is -0.00418. The first kappa shape index (κ1) is 19.2. The first-order chi connectivity index (χ1) is 11.4. The number of nitrogens with zero attached hydrogens (tertiary/aromatic N) is 2. The molecule has 2 rings (SSSR count). The molecule has 1 saturated heterocycles. The lowest BCUT2D eigenvalue weighted by Gasteiger charge is -2.28. The number of benzene rings is 1. The molecule has 0 spiro atoms. The maximum atomic E-state index is 12.1. The van der Waals surface area contributed by atoms with Gasteiger partial charge in [0.15, 0.2) is 0 Å². The summed E-state index contributed by atoms with van der Waals surface area (Å²) in [6.45, 7) is 2.63. The summed E-state index contributed by atoms with van der Waals surface area (Å²) >= 11 is 0. The number of ether oxygens (including phenoxy) is 1. The number of nitrogens with one attached hydrogen (secondary N) is 1. The van der Waals surface area contributed by atoms with Crippen LogP contribution in [0.4, 0.5) is 5.69 Å². The monoisotopic (exact) mass is 355 g/mol. The van der Waals surface area contributed by atoms with E-state index in [-0.39, 0.29) is 18.4 Å². The van der Waals surface area contributed by atoms with Crippen molar-refractivity contribution in [2.24, 2.45) is 0 Å². The molecule has 1 unspecified atom stereocenters. The van der Waals surface area contributed by atoms with Crippen molar-refractivity contribution in [2.45, 2.75) is 18.9 Å². The number of sulfonamides is 1. The summed E-state index contributed by atoms with van der Waals surface area (Å²) < 4.78 is 31.8. The molecule has 1 aliphatic rings. The SMILES string of the molecule is COCCS(=O)(=O)NCC(c1ccc(N(C)C)cc1)N1CCCC1. The van der Waals surface area contributed by atoms with Crippen LogP contribution in [0.1, 0.15) is 24.4 Å². The van der Waals surface area contributed by atoms with Crippen molar-refractivity contribution in [2.75, 3.05) is 58.1 Å². The summed E-state index contributed by atoms with van der Waals surface area (Å²) in [4.78, 5) is 4.42. The quantitative estimate of drug-likeness (QED) is 0.727. The van der Waals surface area contributed by atoms with E-state index in [9.17, 15) is 8.42 Å². The zero-order valence-electron chi connectivity index (χ0n) is 14.9. The van der Waals surface area contributed by atoms with Crippen LogP contribution >= 0.6 is 0 Å². The van der Waals surface area contributed by atoms with Gasteiger partial charge in [0.2, 0.25) is 10.0 Å². The van der Waals surface area contributed by atoms with Crippen molar-refractivity contribution in [3.8, 4) is 0 Å². The molecule has 24 heavy (non-hydrogen) atoms. The lowest BCUT2D eigenvalue weighted by molar-refractivity contribution is 0.216. The fraction of sp³-hybridized carbons (Fsp3) is 0.647. The Morgan fingerprint density at radius 2 is 1.83 bits per heavy atom. The Morgan fingerprint density at radius 3 is 2.38 bits per heavy atom. The third-order valence-corrected chi connectivity index (χ3v) is 5.74. The maximum absolute atomic E-state index is 12.1. The minimum atomic E-state index is -3.31. The van der Waals surface area contributed by atoms with Crippen molar-refractivity contribution >= 4 is 15.7 Å². The number of hydrogen-bond acceptors (Lipinski definition) is 5. The zero-order valence-corrected chi connectivity index (χ0v) is 15.7. The molecule has 0 aliphatic carbocycles. The van der Waals surface area contributed by atoms with Crippen molar-refractivity contribution < 1.29 is 13.2 Å². The van der Waals surface area contributed by atoms with Gasteiger partial charge in [0.1, 0.15) is 0 Å². The highest BCUT2D eigenvalue weighted by Gasteiger charge is 2.25. The van der Waals surface area contributed by atoms with Gasteiger partial charge >= 0.3 is 0 Å². The number of rotatable bonds is 9. The summed E-state index contributed by atoms with van der Waals surface area (Å²) in [6.07, 6.45) is 2.34. The van der Waals surface area contributed by atoms with Gasteiger partial charge in [0, 0.05) is 39.5 Å². The summed E-state index contributed by atoms with van der Waals surface area (Å²) in [5.41, 5.74) is 2.29. The summed E-state index contributed by atoms with van der Waals surface area (Å²) in [5, 5.41) is 0. The van der Waals surface area contributed by atoms with Crippen LogP contribution in [0.2, 0.25) is 0 Å². The van der Waals surface area contributed by atoms with Gasteiger partial charge in [-0.25, -0.2) is 13.1 Å². The van der Waals surface area contributed by atoms with E-state index in [1.807, 2.05) is 14.1 Å². The first-order valence-corrected chi connectivity index (χ1v) is 10.1. The highest BCUT2D eigenvalue weighted by Crippen LogP contribution is 2.26. The second kappa shape index (κ2) is 8.80. The van der Waals surface area contributed by atoms with E-state index in [0.717, 1.165) is 24.3 Å². The van der Waals surface area contributed by atoms with Crippen molar-refractivity contribution in [3.05, 3.63) is 29.8 Å². The predicted molar refractivity (Wildman–Crippen MR) is 98.0 cm³/mol. The fourth-order valence-corrected chi connectivity index (χ4v) is 3.92. The number of likely N-dealkylation sites (tertiary alicyclic amines) is 1. The highest BCUT2D eigenvalue weighted by atomic mass is 32.2. The Bertz CT molecular complexity index is 596. The standard InChI is InChI=1S/C17H29N3O3S/c1-19(2)16-8-6-15(7-9-16)17(20-10-4-5-11-20)14-18-24(21,22)13-12-23-3/h6-9,17-18H,4-5,10-14H2,1-3H3. The first-order valence-electron chi connectivity index (χ1n) is 8.40. The summed E-state index contributed by atoms with van der Waals surface area (Å²) in [7, 11) is 2.22. The van der Waals surface area contributed by atoms with Crippen LogP contribution in [0.15, 0.2) is 24.3 Å². The van der Waals surface area contributed by atoms with Gasteiger partial charge in [-0.05, 0) is 43.6 Å². The van der Waals surface area contributed by atoms with E-state index in [0.29, 0.717) is 6.54 Å². The predicted octanol–water partition coefficient (Wildman–Crippen LogP) is 1.46. The van der Waals surface area contributed by atoms with Crippen LogP contribution in [0.25, 0.3) is 0 Å². The van der Waals surface area contributed by atoms with E-state index in [4.69, 9.17) is 4.74 Å². The van der Waals surface area contributed by atoms with Crippen molar-refractivity contribution in [3.63, 3.8) is 0 Å². The highest BCUT2D eigenvalue weighted by molar-refractivity contribution is 7.89. The van der Waals surface area contributed by atoms with Gasteiger partial charge in [0.25, 0.3) is 0 Å². The van der Waals surface area contributed by atoms with Crippen LogP contribution in [0.3, 0.4) is 0 Å². The largest absolute Gasteiger partial charge is 0.384 e. The number of anilines is 1. The molecule has 0 amide bonds. The van der Waals surface area contributed by atoms with Crippen LogP contribution in [0, 0.1) is 0 Å². The van der Waals surface area contributed by atoms with E-state index in [1.54, 1.807) is 0 Å². The Hall–Kier alpha value is -1.15. The van der Waals surface area contributed by atoms with Crippen molar-refractivity contribution in [1.82, 2.24) is 9.62 Å². The molecule has 0 aromatic heterocycles. The molecule has 1 aliphatic heterocycles. The van der Waals surface area contributed by atoms with Gasteiger partial charge in [-0.15, -0.1) is 0 Å². The molecule has 7 heteroatoms. The molecule has 0 saturated carbocycles. The normalized spacial score (nSPS) is 17.1. The maximum Gasteiger partial charge on any atom is 0.213 e. The molecule has 1 heterocycles. The Kier molecular flexibility index (Phi) is 7.03. The molecule has 1 fully saturated rings. The van der Waals surface area contributed by atoms with Gasteiger partial charge in [0.05, 0.1) is 12.4 Å². The van der Waals surface area contributed by atoms with Gasteiger partial charge in [-0.3, -0.25) is 4.90 Å². The van der Waals surface area contributed by atoms with Crippen LogP contribution < -0.4 is 9.62 Å². The average molecular weight is 356 g/mol. The lowest BCUT2D eigenvalue weighted by atomic mass is 10.1. The third kappa shape index (κ3) is 5.44. The second-order valence-electron chi connectivity index (χ2n) is 6.40. The number of hydrogen-bond donors (Lipinski definition) is 1. The molecule has 1 aromatic carbocycles. The van der Waals surface area contributed by atoms with Crippen LogP contribution in [0.5, 0.6) is 0 Å². The molecule has 6 nitrogen and oxygen atoms in total. The average Bonchev–Trinajstić information content (AvgIpc) is 3.08. The zero-order chi connectivity index (χ0) is 17.6. The van der Waals surface area contributed by atoms with Gasteiger partial charge < -0.3 is 9.64 Å². The Labute approximate surface area is 145 Å². The molecular weight excluding hydrogens is 326 g/mol. The second-order valence-corrected chi connectivity index (χ2v) is 8.33. The smallest absolute Gasteiger partial charge is 0.213 e. The number of methoxy groups -OCH3 is 1. The molecule has 136 valence electrons. The molecule has 1 aromatic rings. The molecule has 0 bridgehead atoms. The molecule has 0 radical (unpaired) electrons. The van der Waals surface area contributed by atoms with E-state index < -0.39 is 10.0 Å². The molecule has 1 atom stereocenters. The van der Waals surface area contributed by atoms with Crippen LogP contribution in [-0.4, -0.2) is 66.5 Å². The van der Waals surface area contributed by atoms with E-state index in [1.165, 1.54) is 20.0 Å². The fourth-order valence-electron chi connectivity index (χ4n) is 2.98. The van der Waals surface area contributed by atoms with E-state index >= 15 is 0 Å². The topological polar surface area (TPSA) is 61.9 Å². The van der Waals surface area contributed by atoms with Gasteiger partial charge in [-0.2, -0.15) is 0 Å². The molecule has 1 N–H and O–H groups in total.